The minimum absolute atomic E-state index is 0.882. The quantitative estimate of drug-likeness (QED) is 0.691. The Hall–Kier alpha value is -0.0400. The third-order valence-electron chi connectivity index (χ3n) is 3.25. The normalized spacial score (nSPS) is 28.6. The van der Waals surface area contributed by atoms with Crippen molar-refractivity contribution in [1.82, 2.24) is 5.32 Å². The fraction of sp³-hybridized carbons (Fsp3) is 1.00. The Balaban J connectivity index is 2.26. The highest BCUT2D eigenvalue weighted by Crippen LogP contribution is 2.35. The molecule has 0 heterocycles. The molecular formula is C12H25N. The van der Waals surface area contributed by atoms with Crippen LogP contribution >= 0.6 is 0 Å². The van der Waals surface area contributed by atoms with Gasteiger partial charge in [0.15, 0.2) is 0 Å². The van der Waals surface area contributed by atoms with E-state index in [-0.39, 0.29) is 0 Å². The van der Waals surface area contributed by atoms with E-state index in [4.69, 9.17) is 0 Å². The zero-order chi connectivity index (χ0) is 9.68. The Bertz CT molecular complexity index is 131. The molecule has 0 aliphatic heterocycles. The summed E-state index contributed by atoms with van der Waals surface area (Å²) < 4.78 is 0. The van der Waals surface area contributed by atoms with Crippen LogP contribution in [0.3, 0.4) is 0 Å². The van der Waals surface area contributed by atoms with E-state index in [0.717, 1.165) is 24.3 Å². The van der Waals surface area contributed by atoms with Gasteiger partial charge in [-0.1, -0.05) is 33.6 Å². The summed E-state index contributed by atoms with van der Waals surface area (Å²) in [4.78, 5) is 0. The van der Waals surface area contributed by atoms with Gasteiger partial charge in [-0.05, 0) is 43.7 Å². The van der Waals surface area contributed by atoms with Crippen molar-refractivity contribution >= 4 is 0 Å². The van der Waals surface area contributed by atoms with Gasteiger partial charge in [0.1, 0.15) is 0 Å². The molecule has 0 spiro atoms. The summed E-state index contributed by atoms with van der Waals surface area (Å²) in [6, 6.07) is 0. The predicted molar refractivity (Wildman–Crippen MR) is 58.8 cm³/mol. The Kier molecular flexibility index (Phi) is 4.79. The monoisotopic (exact) mass is 183 g/mol. The fourth-order valence-electron chi connectivity index (χ4n) is 2.63. The number of nitrogens with one attached hydrogen (secondary N) is 1. The average molecular weight is 183 g/mol. The molecule has 2 unspecified atom stereocenters. The summed E-state index contributed by atoms with van der Waals surface area (Å²) in [6.45, 7) is 9.29. The van der Waals surface area contributed by atoms with E-state index in [1.807, 2.05) is 0 Å². The van der Waals surface area contributed by atoms with Crippen LogP contribution in [0.15, 0.2) is 0 Å². The Labute approximate surface area is 83.3 Å². The van der Waals surface area contributed by atoms with Gasteiger partial charge >= 0.3 is 0 Å². The number of hydrogen-bond donors (Lipinski definition) is 1. The summed E-state index contributed by atoms with van der Waals surface area (Å²) in [5.41, 5.74) is 0. The lowest BCUT2D eigenvalue weighted by molar-refractivity contribution is 0.314. The summed E-state index contributed by atoms with van der Waals surface area (Å²) in [5, 5.41) is 3.49. The molecule has 13 heavy (non-hydrogen) atoms. The molecule has 0 radical (unpaired) electrons. The standard InChI is InChI=1S/C12H25N/c1-4-13-9-12-7-5-6-11(12)8-10(2)3/h10-13H,4-9H2,1-3H3. The van der Waals surface area contributed by atoms with Crippen molar-refractivity contribution in [3.8, 4) is 0 Å². The van der Waals surface area contributed by atoms with Crippen molar-refractivity contribution in [2.75, 3.05) is 13.1 Å². The lowest BCUT2D eigenvalue weighted by atomic mass is 9.88. The molecule has 1 fully saturated rings. The highest BCUT2D eigenvalue weighted by Gasteiger charge is 2.26. The first-order chi connectivity index (χ1) is 6.24. The Morgan fingerprint density at radius 1 is 1.23 bits per heavy atom. The SMILES string of the molecule is CCNCC1CCCC1CC(C)C. The van der Waals surface area contributed by atoms with Crippen molar-refractivity contribution in [3.63, 3.8) is 0 Å². The lowest BCUT2D eigenvalue weighted by Crippen LogP contribution is -2.25. The third kappa shape index (κ3) is 3.68. The molecule has 0 aromatic rings. The van der Waals surface area contributed by atoms with E-state index in [1.54, 1.807) is 0 Å². The fourth-order valence-corrected chi connectivity index (χ4v) is 2.63. The van der Waals surface area contributed by atoms with Gasteiger partial charge in [0.2, 0.25) is 0 Å². The summed E-state index contributed by atoms with van der Waals surface area (Å²) in [6.07, 6.45) is 5.85. The average Bonchev–Trinajstić information content (AvgIpc) is 2.48. The minimum atomic E-state index is 0.882. The van der Waals surface area contributed by atoms with Crippen molar-refractivity contribution in [2.45, 2.75) is 46.5 Å². The maximum atomic E-state index is 3.49. The summed E-state index contributed by atoms with van der Waals surface area (Å²) in [7, 11) is 0. The van der Waals surface area contributed by atoms with Crippen molar-refractivity contribution in [1.29, 1.82) is 0 Å². The minimum Gasteiger partial charge on any atom is -0.317 e. The lowest BCUT2D eigenvalue weighted by Gasteiger charge is -2.21. The van der Waals surface area contributed by atoms with Gasteiger partial charge < -0.3 is 5.32 Å². The molecule has 1 nitrogen and oxygen atoms in total. The van der Waals surface area contributed by atoms with Gasteiger partial charge in [-0.2, -0.15) is 0 Å². The van der Waals surface area contributed by atoms with Crippen molar-refractivity contribution in [3.05, 3.63) is 0 Å². The van der Waals surface area contributed by atoms with Gasteiger partial charge in [0.05, 0.1) is 0 Å². The number of rotatable bonds is 5. The van der Waals surface area contributed by atoms with Gasteiger partial charge in [0.25, 0.3) is 0 Å². The molecule has 0 bridgehead atoms. The van der Waals surface area contributed by atoms with Crippen molar-refractivity contribution in [2.24, 2.45) is 17.8 Å². The van der Waals surface area contributed by atoms with Gasteiger partial charge in [-0.15, -0.1) is 0 Å². The third-order valence-corrected chi connectivity index (χ3v) is 3.25. The van der Waals surface area contributed by atoms with E-state index in [1.165, 1.54) is 32.2 Å². The first-order valence-corrected chi connectivity index (χ1v) is 5.94. The van der Waals surface area contributed by atoms with Crippen LogP contribution in [-0.2, 0) is 0 Å². The van der Waals surface area contributed by atoms with Gasteiger partial charge in [-0.25, -0.2) is 0 Å². The topological polar surface area (TPSA) is 12.0 Å². The van der Waals surface area contributed by atoms with Crippen LogP contribution in [0, 0.1) is 17.8 Å². The molecule has 1 heteroatoms. The molecular weight excluding hydrogens is 158 g/mol. The van der Waals surface area contributed by atoms with Gasteiger partial charge in [-0.3, -0.25) is 0 Å². The molecule has 1 aliphatic carbocycles. The molecule has 1 N–H and O–H groups in total. The first-order valence-electron chi connectivity index (χ1n) is 5.94. The van der Waals surface area contributed by atoms with Gasteiger partial charge in [0, 0.05) is 0 Å². The Morgan fingerprint density at radius 2 is 1.92 bits per heavy atom. The molecule has 0 saturated heterocycles. The molecule has 0 aromatic heterocycles. The van der Waals surface area contributed by atoms with E-state index in [2.05, 4.69) is 26.1 Å². The molecule has 78 valence electrons. The first kappa shape index (κ1) is 11.0. The molecule has 0 amide bonds. The summed E-state index contributed by atoms with van der Waals surface area (Å²) in [5.74, 6) is 2.87. The van der Waals surface area contributed by atoms with Crippen LogP contribution in [-0.4, -0.2) is 13.1 Å². The number of hydrogen-bond acceptors (Lipinski definition) is 1. The Morgan fingerprint density at radius 3 is 2.54 bits per heavy atom. The maximum Gasteiger partial charge on any atom is -0.00180 e. The largest absolute Gasteiger partial charge is 0.317 e. The smallest absolute Gasteiger partial charge is 0.00180 e. The molecule has 1 rings (SSSR count). The highest BCUT2D eigenvalue weighted by molar-refractivity contribution is 4.79. The van der Waals surface area contributed by atoms with E-state index in [9.17, 15) is 0 Å². The highest BCUT2D eigenvalue weighted by atomic mass is 14.8. The maximum absolute atomic E-state index is 3.49. The van der Waals surface area contributed by atoms with Crippen molar-refractivity contribution < 1.29 is 0 Å². The molecule has 0 aromatic carbocycles. The van der Waals surface area contributed by atoms with Crippen LogP contribution in [0.4, 0.5) is 0 Å². The second-order valence-corrected chi connectivity index (χ2v) is 4.89. The van der Waals surface area contributed by atoms with Crippen LogP contribution in [0.2, 0.25) is 0 Å². The second kappa shape index (κ2) is 5.64. The van der Waals surface area contributed by atoms with Crippen LogP contribution in [0.1, 0.15) is 46.5 Å². The predicted octanol–water partition coefficient (Wildman–Crippen LogP) is 3.06. The van der Waals surface area contributed by atoms with E-state index >= 15 is 0 Å². The zero-order valence-corrected chi connectivity index (χ0v) is 9.47. The molecule has 1 saturated carbocycles. The zero-order valence-electron chi connectivity index (χ0n) is 9.47. The van der Waals surface area contributed by atoms with E-state index < -0.39 is 0 Å². The second-order valence-electron chi connectivity index (χ2n) is 4.89. The summed E-state index contributed by atoms with van der Waals surface area (Å²) >= 11 is 0. The van der Waals surface area contributed by atoms with E-state index in [0.29, 0.717) is 0 Å². The van der Waals surface area contributed by atoms with Crippen LogP contribution < -0.4 is 5.32 Å². The molecule has 2 atom stereocenters. The van der Waals surface area contributed by atoms with Crippen LogP contribution in [0.5, 0.6) is 0 Å². The van der Waals surface area contributed by atoms with Crippen LogP contribution in [0.25, 0.3) is 0 Å². The molecule has 1 aliphatic rings.